The van der Waals surface area contributed by atoms with Crippen LogP contribution in [0.4, 0.5) is 0 Å². The number of rotatable bonds is 2. The molecule has 0 aromatic heterocycles. The second-order valence-corrected chi connectivity index (χ2v) is 8.07. The van der Waals surface area contributed by atoms with E-state index < -0.39 is 8.32 Å². The van der Waals surface area contributed by atoms with Crippen LogP contribution in [0.25, 0.3) is 0 Å². The normalized spacial score (nSPS) is 14.0. The molecule has 2 N–H and O–H groups in total. The Bertz CT molecular complexity index is 93.7. The lowest BCUT2D eigenvalue weighted by Crippen LogP contribution is -2.41. The molecule has 0 aliphatic rings. The Morgan fingerprint density at radius 1 is 1.33 bits per heavy atom. The summed E-state index contributed by atoms with van der Waals surface area (Å²) in [6.45, 7) is 7.52. The van der Waals surface area contributed by atoms with Crippen molar-refractivity contribution in [3.63, 3.8) is 0 Å². The molecule has 0 aliphatic carbocycles. The average Bonchev–Trinajstić information content (AvgIpc) is 1.64. The second kappa shape index (κ2) is 2.40. The molecule has 0 fully saturated rings. The maximum absolute atomic E-state index is 9.52. The van der Waals surface area contributed by atoms with Crippen molar-refractivity contribution in [2.45, 2.75) is 32.0 Å². The van der Waals surface area contributed by atoms with Gasteiger partial charge in [0.05, 0.1) is 0 Å². The third-order valence-corrected chi connectivity index (χ3v) is 5.52. The van der Waals surface area contributed by atoms with Gasteiger partial charge < -0.3 is 9.90 Å². The molecule has 0 heterocycles. The summed E-state index contributed by atoms with van der Waals surface area (Å²) in [7, 11) is -2.13. The molecule has 0 saturated carbocycles. The van der Waals surface area contributed by atoms with E-state index in [4.69, 9.17) is 5.11 Å². The van der Waals surface area contributed by atoms with E-state index in [-0.39, 0.29) is 11.6 Å². The van der Waals surface area contributed by atoms with Gasteiger partial charge >= 0.3 is 0 Å². The van der Waals surface area contributed by atoms with Gasteiger partial charge in [0.25, 0.3) is 0 Å². The predicted molar refractivity (Wildman–Crippen MR) is 40.8 cm³/mol. The zero-order chi connectivity index (χ0) is 7.71. The quantitative estimate of drug-likeness (QED) is 0.573. The van der Waals surface area contributed by atoms with Crippen LogP contribution in [0.3, 0.4) is 0 Å². The predicted octanol–water partition coefficient (Wildman–Crippen LogP) is 0.956. The number of aliphatic hydroxyl groups excluding tert-OH is 1. The van der Waals surface area contributed by atoms with Crippen molar-refractivity contribution in [2.75, 3.05) is 6.61 Å². The topological polar surface area (TPSA) is 40.5 Å². The highest BCUT2D eigenvalue weighted by Gasteiger charge is 2.37. The lowest BCUT2D eigenvalue weighted by molar-refractivity contribution is 0.239. The zero-order valence-corrected chi connectivity index (χ0v) is 7.60. The molecule has 0 unspecified atom stereocenters. The van der Waals surface area contributed by atoms with E-state index in [0.717, 1.165) is 0 Å². The van der Waals surface area contributed by atoms with Crippen LogP contribution in [0.15, 0.2) is 0 Å². The van der Waals surface area contributed by atoms with Gasteiger partial charge in [0.2, 0.25) is 0 Å². The van der Waals surface area contributed by atoms with Crippen LogP contribution in [0.1, 0.15) is 13.8 Å². The molecule has 2 nitrogen and oxygen atoms in total. The van der Waals surface area contributed by atoms with Gasteiger partial charge in [0.15, 0.2) is 8.32 Å². The molecule has 0 bridgehead atoms. The van der Waals surface area contributed by atoms with Gasteiger partial charge in [-0.15, -0.1) is 0 Å². The molecule has 0 radical (unpaired) electrons. The van der Waals surface area contributed by atoms with Gasteiger partial charge in [-0.3, -0.25) is 0 Å². The van der Waals surface area contributed by atoms with Gasteiger partial charge in [0, 0.05) is 11.6 Å². The highest BCUT2D eigenvalue weighted by atomic mass is 28.4. The molecule has 56 valence electrons. The molecule has 0 aliphatic heterocycles. The first-order valence-corrected chi connectivity index (χ1v) is 6.09. The minimum Gasteiger partial charge on any atom is -0.432 e. The van der Waals surface area contributed by atoms with E-state index >= 15 is 0 Å². The van der Waals surface area contributed by atoms with Crippen molar-refractivity contribution in [2.24, 2.45) is 0 Å². The molecule has 9 heavy (non-hydrogen) atoms. The average molecular weight is 148 g/mol. The highest BCUT2D eigenvalue weighted by Crippen LogP contribution is 2.33. The van der Waals surface area contributed by atoms with Gasteiger partial charge in [-0.25, -0.2) is 0 Å². The number of hydrogen-bond acceptors (Lipinski definition) is 2. The largest absolute Gasteiger partial charge is 0.432 e. The smallest absolute Gasteiger partial charge is 0.190 e. The maximum atomic E-state index is 9.52. The molecule has 0 aromatic rings. The van der Waals surface area contributed by atoms with Crippen molar-refractivity contribution in [3.8, 4) is 0 Å². The summed E-state index contributed by atoms with van der Waals surface area (Å²) in [5.74, 6) is 0. The van der Waals surface area contributed by atoms with E-state index in [1.54, 1.807) is 0 Å². The van der Waals surface area contributed by atoms with Crippen LogP contribution in [0.2, 0.25) is 18.1 Å². The summed E-state index contributed by atoms with van der Waals surface area (Å²) >= 11 is 0. The molecule has 0 spiro atoms. The Hall–Kier alpha value is 0.137. The SMILES string of the molecule is CC(C)(CO)[Si](C)(C)O. The monoisotopic (exact) mass is 148 g/mol. The van der Waals surface area contributed by atoms with Crippen molar-refractivity contribution in [1.82, 2.24) is 0 Å². The van der Waals surface area contributed by atoms with Crippen LogP contribution >= 0.6 is 0 Å². The van der Waals surface area contributed by atoms with Crippen LogP contribution in [-0.4, -0.2) is 24.8 Å². The Morgan fingerprint density at radius 2 is 1.67 bits per heavy atom. The summed E-state index contributed by atoms with van der Waals surface area (Å²) in [6.07, 6.45) is 0. The number of aliphatic hydroxyl groups is 1. The lowest BCUT2D eigenvalue weighted by atomic mass is 10.2. The molecule has 3 heteroatoms. The van der Waals surface area contributed by atoms with Crippen molar-refractivity contribution >= 4 is 8.32 Å². The van der Waals surface area contributed by atoms with Crippen molar-refractivity contribution in [3.05, 3.63) is 0 Å². The first-order chi connectivity index (χ1) is 3.81. The third kappa shape index (κ3) is 2.08. The highest BCUT2D eigenvalue weighted by molar-refractivity contribution is 6.72. The first kappa shape index (κ1) is 9.14. The Kier molecular flexibility index (Phi) is 2.44. The van der Waals surface area contributed by atoms with Crippen LogP contribution in [0, 0.1) is 0 Å². The fourth-order valence-electron chi connectivity index (χ4n) is 0.193. The van der Waals surface area contributed by atoms with Gasteiger partial charge in [-0.2, -0.15) is 0 Å². The van der Waals surface area contributed by atoms with Gasteiger partial charge in [-0.05, 0) is 13.1 Å². The molecule has 0 aromatic carbocycles. The minimum atomic E-state index is -2.13. The second-order valence-electron chi connectivity index (χ2n) is 3.60. The fourth-order valence-corrected chi connectivity index (χ4v) is 0.580. The summed E-state index contributed by atoms with van der Waals surface area (Å²) in [4.78, 5) is 9.52. The van der Waals surface area contributed by atoms with Crippen molar-refractivity contribution < 1.29 is 9.90 Å². The number of hydrogen-bond donors (Lipinski definition) is 2. The van der Waals surface area contributed by atoms with E-state index in [1.807, 2.05) is 26.9 Å². The van der Waals surface area contributed by atoms with Gasteiger partial charge in [-0.1, -0.05) is 13.8 Å². The van der Waals surface area contributed by atoms with Crippen LogP contribution in [-0.2, 0) is 0 Å². The van der Waals surface area contributed by atoms with E-state index in [1.165, 1.54) is 0 Å². The third-order valence-electron chi connectivity index (χ3n) is 2.05. The summed E-state index contributed by atoms with van der Waals surface area (Å²) in [6, 6.07) is 0. The first-order valence-electron chi connectivity index (χ1n) is 3.14. The molecule has 0 atom stereocenters. The molecular weight excluding hydrogens is 132 g/mol. The molecular formula is C6H16O2Si. The van der Waals surface area contributed by atoms with Crippen LogP contribution < -0.4 is 0 Å². The van der Waals surface area contributed by atoms with E-state index in [2.05, 4.69) is 0 Å². The summed E-state index contributed by atoms with van der Waals surface area (Å²) in [5.41, 5.74) is 0. The fraction of sp³-hybridized carbons (Fsp3) is 1.00. The minimum absolute atomic E-state index is 0.0721. The Labute approximate surface area is 57.7 Å². The summed E-state index contributed by atoms with van der Waals surface area (Å²) < 4.78 is 0. The zero-order valence-electron chi connectivity index (χ0n) is 6.60. The Balaban J connectivity index is 4.14. The molecule has 0 saturated heterocycles. The Morgan fingerprint density at radius 3 is 1.67 bits per heavy atom. The van der Waals surface area contributed by atoms with Crippen LogP contribution in [0.5, 0.6) is 0 Å². The lowest BCUT2D eigenvalue weighted by Gasteiger charge is -2.32. The summed E-state index contributed by atoms with van der Waals surface area (Å²) in [5, 5.41) is 8.53. The molecule has 0 amide bonds. The van der Waals surface area contributed by atoms with Gasteiger partial charge in [0.1, 0.15) is 0 Å². The maximum Gasteiger partial charge on any atom is 0.190 e. The van der Waals surface area contributed by atoms with E-state index in [9.17, 15) is 4.80 Å². The standard InChI is InChI=1S/C6H16O2Si/c1-6(2,5-7)9(3,4)8/h7-8H,5H2,1-4H3. The van der Waals surface area contributed by atoms with Crippen molar-refractivity contribution in [1.29, 1.82) is 0 Å². The van der Waals surface area contributed by atoms with E-state index in [0.29, 0.717) is 0 Å². The molecule has 0 rings (SSSR count).